The lowest BCUT2D eigenvalue weighted by molar-refractivity contribution is 0.0995. The van der Waals surface area contributed by atoms with Gasteiger partial charge in [-0.05, 0) is 17.7 Å². The molecule has 1 heterocycles. The third-order valence-corrected chi connectivity index (χ3v) is 2.81. The van der Waals surface area contributed by atoms with Gasteiger partial charge in [0.05, 0.1) is 12.2 Å². The Bertz CT molecular complexity index is 547. The van der Waals surface area contributed by atoms with E-state index in [-0.39, 0.29) is 5.69 Å². The Morgan fingerprint density at radius 3 is 2.53 bits per heavy atom. The molecule has 2 rings (SSSR count). The molecule has 0 saturated heterocycles. The van der Waals surface area contributed by atoms with E-state index in [1.165, 1.54) is 0 Å². The number of benzene rings is 1. The van der Waals surface area contributed by atoms with E-state index < -0.39 is 5.91 Å². The van der Waals surface area contributed by atoms with Crippen molar-refractivity contribution in [3.05, 3.63) is 46.2 Å². The van der Waals surface area contributed by atoms with Crippen LogP contribution < -0.4 is 11.5 Å². The van der Waals surface area contributed by atoms with Gasteiger partial charge in [-0.3, -0.25) is 9.48 Å². The lowest BCUT2D eigenvalue weighted by atomic mass is 10.2. The molecular formula is C11H11BrN4O. The van der Waals surface area contributed by atoms with E-state index in [2.05, 4.69) is 21.0 Å². The summed E-state index contributed by atoms with van der Waals surface area (Å²) in [6.45, 7) is 0.546. The van der Waals surface area contributed by atoms with Crippen LogP contribution in [0, 0.1) is 0 Å². The molecule has 17 heavy (non-hydrogen) atoms. The number of carbonyl (C=O) groups excluding carboxylic acids is 1. The fourth-order valence-electron chi connectivity index (χ4n) is 1.49. The third-order valence-electron chi connectivity index (χ3n) is 2.28. The van der Waals surface area contributed by atoms with Gasteiger partial charge in [0.15, 0.2) is 5.69 Å². The van der Waals surface area contributed by atoms with Crippen LogP contribution in [0.2, 0.25) is 0 Å². The maximum Gasteiger partial charge on any atom is 0.271 e. The topological polar surface area (TPSA) is 86.9 Å². The number of rotatable bonds is 3. The summed E-state index contributed by atoms with van der Waals surface area (Å²) in [5.41, 5.74) is 12.2. The van der Waals surface area contributed by atoms with Crippen LogP contribution >= 0.6 is 15.9 Å². The quantitative estimate of drug-likeness (QED) is 0.896. The minimum atomic E-state index is -0.614. The van der Waals surface area contributed by atoms with Crippen LogP contribution in [0.3, 0.4) is 0 Å². The summed E-state index contributed by atoms with van der Waals surface area (Å²) >= 11 is 3.36. The van der Waals surface area contributed by atoms with Crippen molar-refractivity contribution in [3.63, 3.8) is 0 Å². The minimum absolute atomic E-state index is 0.113. The first-order valence-electron chi connectivity index (χ1n) is 4.93. The molecular weight excluding hydrogens is 284 g/mol. The normalized spacial score (nSPS) is 10.4. The summed E-state index contributed by atoms with van der Waals surface area (Å²) in [6.07, 6.45) is 1.60. The Balaban J connectivity index is 2.22. The second-order valence-corrected chi connectivity index (χ2v) is 4.54. The average Bonchev–Trinajstić information content (AvgIpc) is 2.63. The first-order valence-corrected chi connectivity index (χ1v) is 5.73. The molecule has 0 atom stereocenters. The molecule has 1 aromatic carbocycles. The van der Waals surface area contributed by atoms with E-state index in [0.29, 0.717) is 12.2 Å². The SMILES string of the molecule is NC(=O)c1nn(Cc2ccc(Br)cc2)cc1N. The average molecular weight is 295 g/mol. The molecule has 4 N–H and O–H groups in total. The predicted molar refractivity (Wildman–Crippen MR) is 68.4 cm³/mol. The van der Waals surface area contributed by atoms with Gasteiger partial charge in [-0.15, -0.1) is 0 Å². The van der Waals surface area contributed by atoms with E-state index in [1.807, 2.05) is 24.3 Å². The summed E-state index contributed by atoms with van der Waals surface area (Å²) in [7, 11) is 0. The van der Waals surface area contributed by atoms with Gasteiger partial charge in [0.1, 0.15) is 0 Å². The Morgan fingerprint density at radius 2 is 2.00 bits per heavy atom. The van der Waals surface area contributed by atoms with Gasteiger partial charge in [0.2, 0.25) is 0 Å². The fraction of sp³-hybridized carbons (Fsp3) is 0.0909. The molecule has 0 aliphatic carbocycles. The minimum Gasteiger partial charge on any atom is -0.396 e. The van der Waals surface area contributed by atoms with Crippen LogP contribution in [0.5, 0.6) is 0 Å². The molecule has 0 saturated carbocycles. The highest BCUT2D eigenvalue weighted by atomic mass is 79.9. The standard InChI is InChI=1S/C11H11BrN4O/c12-8-3-1-7(2-4-8)5-16-6-9(13)10(15-16)11(14)17/h1-4,6H,5,13H2,(H2,14,17). The van der Waals surface area contributed by atoms with Crippen molar-refractivity contribution in [2.45, 2.75) is 6.54 Å². The van der Waals surface area contributed by atoms with Crippen LogP contribution in [-0.2, 0) is 6.54 Å². The number of hydrogen-bond acceptors (Lipinski definition) is 3. The second kappa shape index (κ2) is 4.58. The van der Waals surface area contributed by atoms with Gasteiger partial charge < -0.3 is 11.5 Å². The molecule has 0 radical (unpaired) electrons. The Kier molecular flexibility index (Phi) is 3.14. The van der Waals surface area contributed by atoms with Crippen molar-refractivity contribution in [1.82, 2.24) is 9.78 Å². The third kappa shape index (κ3) is 2.65. The molecule has 0 unspecified atom stereocenters. The van der Waals surface area contributed by atoms with Crippen LogP contribution in [0.15, 0.2) is 34.9 Å². The molecule has 0 bridgehead atoms. The van der Waals surface area contributed by atoms with Crippen molar-refractivity contribution in [1.29, 1.82) is 0 Å². The van der Waals surface area contributed by atoms with Crippen molar-refractivity contribution >= 4 is 27.5 Å². The van der Waals surface area contributed by atoms with E-state index >= 15 is 0 Å². The number of nitrogen functional groups attached to an aromatic ring is 1. The molecule has 2 aromatic rings. The molecule has 0 fully saturated rings. The molecule has 0 spiro atoms. The molecule has 0 aliphatic rings. The highest BCUT2D eigenvalue weighted by molar-refractivity contribution is 9.10. The number of hydrogen-bond donors (Lipinski definition) is 2. The van der Waals surface area contributed by atoms with E-state index in [0.717, 1.165) is 10.0 Å². The molecule has 88 valence electrons. The van der Waals surface area contributed by atoms with Crippen molar-refractivity contribution in [3.8, 4) is 0 Å². The number of primary amides is 1. The van der Waals surface area contributed by atoms with Crippen LogP contribution in [0.4, 0.5) is 5.69 Å². The van der Waals surface area contributed by atoms with Crippen molar-refractivity contribution < 1.29 is 4.79 Å². The maximum absolute atomic E-state index is 11.0. The van der Waals surface area contributed by atoms with Crippen LogP contribution in [-0.4, -0.2) is 15.7 Å². The lowest BCUT2D eigenvalue weighted by Gasteiger charge is -2.01. The van der Waals surface area contributed by atoms with Crippen LogP contribution in [0.25, 0.3) is 0 Å². The molecule has 1 aromatic heterocycles. The number of carbonyl (C=O) groups is 1. The summed E-state index contributed by atoms with van der Waals surface area (Å²) in [5, 5.41) is 4.03. The lowest BCUT2D eigenvalue weighted by Crippen LogP contribution is -2.14. The van der Waals surface area contributed by atoms with Crippen molar-refractivity contribution in [2.75, 3.05) is 5.73 Å². The van der Waals surface area contributed by atoms with E-state index in [9.17, 15) is 4.79 Å². The number of halogens is 1. The monoisotopic (exact) mass is 294 g/mol. The summed E-state index contributed by atoms with van der Waals surface area (Å²) in [6, 6.07) is 7.81. The Morgan fingerprint density at radius 1 is 1.35 bits per heavy atom. The number of aromatic nitrogens is 2. The highest BCUT2D eigenvalue weighted by Gasteiger charge is 2.11. The summed E-state index contributed by atoms with van der Waals surface area (Å²) in [5.74, 6) is -0.614. The summed E-state index contributed by atoms with van der Waals surface area (Å²) < 4.78 is 2.61. The smallest absolute Gasteiger partial charge is 0.271 e. The van der Waals surface area contributed by atoms with Gasteiger partial charge >= 0.3 is 0 Å². The zero-order valence-electron chi connectivity index (χ0n) is 8.93. The molecule has 6 heteroatoms. The highest BCUT2D eigenvalue weighted by Crippen LogP contribution is 2.13. The maximum atomic E-state index is 11.0. The number of anilines is 1. The largest absolute Gasteiger partial charge is 0.396 e. The van der Waals surface area contributed by atoms with Crippen molar-refractivity contribution in [2.24, 2.45) is 5.73 Å². The van der Waals surface area contributed by atoms with Gasteiger partial charge in [-0.2, -0.15) is 5.10 Å². The Hall–Kier alpha value is -1.82. The van der Waals surface area contributed by atoms with E-state index in [1.54, 1.807) is 10.9 Å². The van der Waals surface area contributed by atoms with Crippen LogP contribution in [0.1, 0.15) is 16.1 Å². The van der Waals surface area contributed by atoms with Gasteiger partial charge in [0.25, 0.3) is 5.91 Å². The molecule has 1 amide bonds. The fourth-order valence-corrected chi connectivity index (χ4v) is 1.75. The summed E-state index contributed by atoms with van der Waals surface area (Å²) in [4.78, 5) is 11.0. The first-order chi connectivity index (χ1) is 8.06. The molecule has 0 aliphatic heterocycles. The van der Waals surface area contributed by atoms with Gasteiger partial charge in [-0.25, -0.2) is 0 Å². The zero-order chi connectivity index (χ0) is 12.4. The zero-order valence-corrected chi connectivity index (χ0v) is 10.5. The van der Waals surface area contributed by atoms with E-state index in [4.69, 9.17) is 11.5 Å². The Labute approximate surface area is 107 Å². The number of nitrogens with two attached hydrogens (primary N) is 2. The number of nitrogens with zero attached hydrogens (tertiary/aromatic N) is 2. The first kappa shape index (κ1) is 11.7. The predicted octanol–water partition coefficient (Wildman–Crippen LogP) is 1.37. The number of amides is 1. The second-order valence-electron chi connectivity index (χ2n) is 3.62. The van der Waals surface area contributed by atoms with Gasteiger partial charge in [-0.1, -0.05) is 28.1 Å². The molecule has 5 nitrogen and oxygen atoms in total. The van der Waals surface area contributed by atoms with Gasteiger partial charge in [0, 0.05) is 10.7 Å².